The molecule has 0 amide bonds. The highest BCUT2D eigenvalue weighted by molar-refractivity contribution is 5.89. The normalized spacial score (nSPS) is 10.2. The minimum absolute atomic E-state index is 0.332. The lowest BCUT2D eigenvalue weighted by Crippen LogP contribution is -2.31. The van der Waals surface area contributed by atoms with E-state index < -0.39 is 5.95 Å². The van der Waals surface area contributed by atoms with Crippen LogP contribution in [0.2, 0.25) is 0 Å². The maximum absolute atomic E-state index is 11.4. The molecule has 0 bridgehead atoms. The van der Waals surface area contributed by atoms with E-state index in [-0.39, 0.29) is 5.97 Å². The summed E-state index contributed by atoms with van der Waals surface area (Å²) in [6, 6.07) is 6.49. The summed E-state index contributed by atoms with van der Waals surface area (Å²) >= 11 is 0. The molecule has 0 spiro atoms. The van der Waals surface area contributed by atoms with Crippen LogP contribution in [0.5, 0.6) is 5.95 Å². The van der Waals surface area contributed by atoms with Gasteiger partial charge in [0.1, 0.15) is 5.95 Å². The highest BCUT2D eigenvalue weighted by atomic mass is 16.6. The molecule has 2 aromatic rings. The molecule has 0 saturated heterocycles. The zero-order chi connectivity index (χ0) is 12.3. The van der Waals surface area contributed by atoms with Gasteiger partial charge in [-0.2, -0.15) is 0 Å². The first-order valence-corrected chi connectivity index (χ1v) is 5.04. The summed E-state index contributed by atoms with van der Waals surface area (Å²) in [5, 5.41) is 14.3. The van der Waals surface area contributed by atoms with E-state index >= 15 is 0 Å². The van der Waals surface area contributed by atoms with Crippen LogP contribution >= 0.6 is 0 Å². The Morgan fingerprint density at radius 2 is 2.18 bits per heavy atom. The van der Waals surface area contributed by atoms with E-state index in [0.29, 0.717) is 17.9 Å². The number of hydrogen-bond acceptors (Lipinski definition) is 5. The van der Waals surface area contributed by atoms with Gasteiger partial charge in [-0.3, -0.25) is 0 Å². The Labute approximate surface area is 97.0 Å². The molecule has 6 nitrogen and oxygen atoms in total. The van der Waals surface area contributed by atoms with E-state index in [4.69, 9.17) is 4.74 Å². The highest BCUT2D eigenvalue weighted by Gasteiger charge is 2.11. The van der Waals surface area contributed by atoms with Gasteiger partial charge in [-0.25, -0.2) is 4.79 Å². The molecule has 0 atom stereocenters. The Morgan fingerprint density at radius 3 is 2.71 bits per heavy atom. The standard InChI is InChI=1S/C11H10N2O4/c1-2-16-11(15)8-3-5-9(6-4-8)13-7-10(14)17-12-13/h3-7H,2H2,1H3. The average molecular weight is 234 g/mol. The largest absolute Gasteiger partial charge is 0.539 e. The molecule has 0 fully saturated rings. The van der Waals surface area contributed by atoms with Crippen molar-refractivity contribution >= 4 is 5.97 Å². The quantitative estimate of drug-likeness (QED) is 0.560. The molecular weight excluding hydrogens is 224 g/mol. The first kappa shape index (κ1) is 11.1. The number of carbonyl (C=O) groups excluding carboxylic acids is 1. The van der Waals surface area contributed by atoms with Gasteiger partial charge in [0.2, 0.25) is 11.9 Å². The molecule has 1 heterocycles. The lowest BCUT2D eigenvalue weighted by atomic mass is 10.2. The van der Waals surface area contributed by atoms with Crippen molar-refractivity contribution < 1.29 is 23.8 Å². The lowest BCUT2D eigenvalue weighted by Gasteiger charge is -2.00. The molecule has 1 aromatic heterocycles. The number of nitrogens with zero attached hydrogens (tertiary/aromatic N) is 2. The number of aromatic nitrogens is 2. The van der Waals surface area contributed by atoms with Gasteiger partial charge in [-0.05, 0) is 23.7 Å². The summed E-state index contributed by atoms with van der Waals surface area (Å²) in [5.41, 5.74) is 1.07. The van der Waals surface area contributed by atoms with Crippen molar-refractivity contribution in [3.8, 4) is 11.6 Å². The summed E-state index contributed by atoms with van der Waals surface area (Å²) < 4.78 is 10.5. The van der Waals surface area contributed by atoms with Crippen molar-refractivity contribution in [1.29, 1.82) is 0 Å². The van der Waals surface area contributed by atoms with Crippen LogP contribution in [0.3, 0.4) is 0 Å². The van der Waals surface area contributed by atoms with E-state index in [2.05, 4.69) is 9.79 Å². The van der Waals surface area contributed by atoms with E-state index in [9.17, 15) is 9.90 Å². The second-order valence-corrected chi connectivity index (χ2v) is 3.23. The van der Waals surface area contributed by atoms with Crippen molar-refractivity contribution in [3.63, 3.8) is 0 Å². The fraction of sp³-hybridized carbons (Fsp3) is 0.182. The summed E-state index contributed by atoms with van der Waals surface area (Å²) in [7, 11) is 0. The third-order valence-corrected chi connectivity index (χ3v) is 2.09. The summed E-state index contributed by atoms with van der Waals surface area (Å²) in [5.74, 6) is -0.909. The highest BCUT2D eigenvalue weighted by Crippen LogP contribution is 2.06. The molecular formula is C11H10N2O4. The van der Waals surface area contributed by atoms with Gasteiger partial charge in [-0.1, -0.05) is 0 Å². The van der Waals surface area contributed by atoms with Gasteiger partial charge in [0.05, 0.1) is 17.4 Å². The maximum Gasteiger partial charge on any atom is 0.338 e. The van der Waals surface area contributed by atoms with Gasteiger partial charge < -0.3 is 14.4 Å². The topological polar surface area (TPSA) is 79.3 Å². The third-order valence-electron chi connectivity index (χ3n) is 2.09. The molecule has 1 aromatic carbocycles. The second-order valence-electron chi connectivity index (χ2n) is 3.23. The van der Waals surface area contributed by atoms with Crippen LogP contribution in [0.25, 0.3) is 5.69 Å². The third kappa shape index (κ3) is 2.41. The SMILES string of the molecule is CCOC(=O)c1ccc(-[n+]2cc([O-])on2)cc1. The van der Waals surface area contributed by atoms with Crippen molar-refractivity contribution in [2.45, 2.75) is 6.92 Å². The average Bonchev–Trinajstić information content (AvgIpc) is 2.76. The van der Waals surface area contributed by atoms with Crippen LogP contribution < -0.4 is 9.79 Å². The number of ether oxygens (including phenoxy) is 1. The number of carbonyl (C=O) groups is 1. The Hall–Kier alpha value is -2.37. The Kier molecular flexibility index (Phi) is 3.04. The molecule has 0 aliphatic carbocycles. The Bertz CT molecular complexity index is 519. The number of benzene rings is 1. The summed E-state index contributed by atoms with van der Waals surface area (Å²) in [6.07, 6.45) is 1.21. The second kappa shape index (κ2) is 4.65. The maximum atomic E-state index is 11.4. The first-order chi connectivity index (χ1) is 8.20. The smallest absolute Gasteiger partial charge is 0.338 e. The van der Waals surface area contributed by atoms with Crippen LogP contribution in [0.1, 0.15) is 17.3 Å². The van der Waals surface area contributed by atoms with Crippen molar-refractivity contribution in [3.05, 3.63) is 36.0 Å². The molecule has 88 valence electrons. The number of esters is 1. The molecule has 0 unspecified atom stereocenters. The van der Waals surface area contributed by atoms with Crippen LogP contribution in [-0.2, 0) is 4.74 Å². The van der Waals surface area contributed by atoms with Crippen molar-refractivity contribution in [1.82, 2.24) is 5.27 Å². The fourth-order valence-corrected chi connectivity index (χ4v) is 1.32. The van der Waals surface area contributed by atoms with Crippen LogP contribution in [-0.4, -0.2) is 17.8 Å². The zero-order valence-corrected chi connectivity index (χ0v) is 9.12. The molecule has 0 saturated carbocycles. The molecule has 0 aliphatic rings. The van der Waals surface area contributed by atoms with E-state index in [1.54, 1.807) is 31.2 Å². The van der Waals surface area contributed by atoms with Gasteiger partial charge in [0, 0.05) is 12.1 Å². The van der Waals surface area contributed by atoms with E-state index in [1.807, 2.05) is 0 Å². The van der Waals surface area contributed by atoms with E-state index in [1.165, 1.54) is 10.9 Å². The van der Waals surface area contributed by atoms with Crippen molar-refractivity contribution in [2.75, 3.05) is 6.61 Å². The minimum Gasteiger partial charge on any atom is -0.539 e. The minimum atomic E-state index is -0.528. The number of hydrogen-bond donors (Lipinski definition) is 0. The lowest BCUT2D eigenvalue weighted by molar-refractivity contribution is -0.670. The predicted octanol–water partition coefficient (Wildman–Crippen LogP) is 0.202. The zero-order valence-electron chi connectivity index (χ0n) is 9.12. The van der Waals surface area contributed by atoms with Gasteiger partial charge in [0.15, 0.2) is 0 Å². The molecule has 0 aliphatic heterocycles. The molecule has 6 heteroatoms. The van der Waals surface area contributed by atoms with Crippen LogP contribution in [0.15, 0.2) is 35.0 Å². The first-order valence-electron chi connectivity index (χ1n) is 5.04. The fourth-order valence-electron chi connectivity index (χ4n) is 1.32. The van der Waals surface area contributed by atoms with Crippen molar-refractivity contribution in [2.24, 2.45) is 0 Å². The Morgan fingerprint density at radius 1 is 1.47 bits per heavy atom. The molecule has 17 heavy (non-hydrogen) atoms. The van der Waals surface area contributed by atoms with E-state index in [0.717, 1.165) is 0 Å². The van der Waals surface area contributed by atoms with Gasteiger partial charge in [0.25, 0.3) is 0 Å². The van der Waals surface area contributed by atoms with Crippen LogP contribution in [0.4, 0.5) is 0 Å². The van der Waals surface area contributed by atoms with Gasteiger partial charge >= 0.3 is 5.97 Å². The monoisotopic (exact) mass is 234 g/mol. The summed E-state index contributed by atoms with van der Waals surface area (Å²) in [4.78, 5) is 11.4. The van der Waals surface area contributed by atoms with Gasteiger partial charge in [-0.15, -0.1) is 0 Å². The summed E-state index contributed by atoms with van der Waals surface area (Å²) in [6.45, 7) is 2.07. The molecule has 0 N–H and O–H groups in total. The van der Waals surface area contributed by atoms with Crippen LogP contribution in [0, 0.1) is 0 Å². The molecule has 0 radical (unpaired) electrons. The number of rotatable bonds is 3. The predicted molar refractivity (Wildman–Crippen MR) is 53.4 cm³/mol. The Balaban J connectivity index is 2.21. The molecule has 2 rings (SSSR count).